The van der Waals surface area contributed by atoms with Crippen LogP contribution in [-0.2, 0) is 9.59 Å². The van der Waals surface area contributed by atoms with Crippen molar-refractivity contribution in [2.24, 2.45) is 5.73 Å². The van der Waals surface area contributed by atoms with Gasteiger partial charge in [-0.25, -0.2) is 4.98 Å². The molecule has 1 aliphatic rings. The molecule has 5 N–H and O–H groups in total. The lowest BCUT2D eigenvalue weighted by molar-refractivity contribution is -0.131. The summed E-state index contributed by atoms with van der Waals surface area (Å²) in [7, 11) is 0. The van der Waals surface area contributed by atoms with Crippen molar-refractivity contribution in [1.29, 1.82) is 0 Å². The Hall–Kier alpha value is -4.73. The van der Waals surface area contributed by atoms with E-state index in [-0.39, 0.29) is 23.6 Å². The molecule has 2 aromatic carbocycles. The predicted octanol–water partition coefficient (Wildman–Crippen LogP) is 4.11. The number of amides is 2. The molecule has 0 saturated heterocycles. The maximum absolute atomic E-state index is 12.8. The van der Waals surface area contributed by atoms with Crippen molar-refractivity contribution >= 4 is 41.3 Å². The summed E-state index contributed by atoms with van der Waals surface area (Å²) in [6, 6.07) is 14.4. The van der Waals surface area contributed by atoms with Crippen LogP contribution in [0, 0.1) is 6.92 Å². The first-order chi connectivity index (χ1) is 18.8. The topological polar surface area (TPSA) is 148 Å². The standard InChI is InChI=1S/C29H32N6O4/c1-18-8-7-10-21(16-18)32-28-22(27(30)38)17-31-29(35-28)34-24-12-5-4-11-23(24)33-26(37)15-14-20-9-3-6-13-25(20)39-19(2)36/h3,6-10,13-17,23-24H,4-5,11-12H2,1-2H3,(H2,30,38)(H,33,37)(H2,31,32,34,35). The van der Waals surface area contributed by atoms with Crippen LogP contribution in [0.4, 0.5) is 17.5 Å². The summed E-state index contributed by atoms with van der Waals surface area (Å²) in [6.07, 6.45) is 8.01. The summed E-state index contributed by atoms with van der Waals surface area (Å²) in [5.41, 5.74) is 8.18. The third-order valence-electron chi connectivity index (χ3n) is 6.33. The van der Waals surface area contributed by atoms with Gasteiger partial charge in [0.25, 0.3) is 5.91 Å². The number of carbonyl (C=O) groups excluding carboxylic acids is 3. The van der Waals surface area contributed by atoms with Gasteiger partial charge in [-0.2, -0.15) is 4.98 Å². The number of esters is 1. The predicted molar refractivity (Wildman–Crippen MR) is 150 cm³/mol. The Kier molecular flexibility index (Phi) is 8.88. The van der Waals surface area contributed by atoms with E-state index in [0.717, 1.165) is 36.9 Å². The number of para-hydroxylation sites is 1. The maximum Gasteiger partial charge on any atom is 0.308 e. The molecular weight excluding hydrogens is 496 g/mol. The highest BCUT2D eigenvalue weighted by atomic mass is 16.5. The number of anilines is 3. The normalized spacial score (nSPS) is 16.9. The fourth-order valence-electron chi connectivity index (χ4n) is 4.49. The Morgan fingerprint density at radius 1 is 1.05 bits per heavy atom. The molecule has 2 unspecified atom stereocenters. The summed E-state index contributed by atoms with van der Waals surface area (Å²) < 4.78 is 5.21. The van der Waals surface area contributed by atoms with E-state index in [1.165, 1.54) is 19.2 Å². The number of nitrogens with zero attached hydrogens (tertiary/aromatic N) is 2. The zero-order chi connectivity index (χ0) is 27.8. The molecule has 2 atom stereocenters. The van der Waals surface area contributed by atoms with Crippen LogP contribution in [0.3, 0.4) is 0 Å². The van der Waals surface area contributed by atoms with Gasteiger partial charge in [-0.1, -0.05) is 43.2 Å². The molecule has 2 amide bonds. The Morgan fingerprint density at radius 2 is 1.82 bits per heavy atom. The van der Waals surface area contributed by atoms with E-state index in [4.69, 9.17) is 10.5 Å². The van der Waals surface area contributed by atoms with E-state index in [9.17, 15) is 14.4 Å². The number of carbonyl (C=O) groups is 3. The molecule has 0 radical (unpaired) electrons. The number of primary amides is 1. The first-order valence-corrected chi connectivity index (χ1v) is 12.8. The van der Waals surface area contributed by atoms with Gasteiger partial charge >= 0.3 is 5.97 Å². The molecule has 1 heterocycles. The first-order valence-electron chi connectivity index (χ1n) is 12.8. The Labute approximate surface area is 227 Å². The van der Waals surface area contributed by atoms with Gasteiger partial charge < -0.3 is 26.4 Å². The van der Waals surface area contributed by atoms with Gasteiger partial charge in [-0.15, -0.1) is 0 Å². The molecule has 3 aromatic rings. The van der Waals surface area contributed by atoms with Gasteiger partial charge in [-0.05, 0) is 49.6 Å². The molecule has 0 spiro atoms. The van der Waals surface area contributed by atoms with Crippen molar-refractivity contribution in [3.63, 3.8) is 0 Å². The summed E-state index contributed by atoms with van der Waals surface area (Å²) in [6.45, 7) is 3.30. The fourth-order valence-corrected chi connectivity index (χ4v) is 4.49. The Bertz CT molecular complexity index is 1390. The highest BCUT2D eigenvalue weighted by molar-refractivity contribution is 5.98. The summed E-state index contributed by atoms with van der Waals surface area (Å²) in [5.74, 6) is -0.319. The van der Waals surface area contributed by atoms with Crippen LogP contribution >= 0.6 is 0 Å². The van der Waals surface area contributed by atoms with Gasteiger partial charge in [0.1, 0.15) is 17.1 Å². The minimum atomic E-state index is -0.637. The summed E-state index contributed by atoms with van der Waals surface area (Å²) in [4.78, 5) is 45.0. The van der Waals surface area contributed by atoms with Crippen LogP contribution in [0.15, 0.2) is 60.8 Å². The van der Waals surface area contributed by atoms with Crippen LogP contribution in [0.25, 0.3) is 6.08 Å². The van der Waals surface area contributed by atoms with Gasteiger partial charge in [0.15, 0.2) is 0 Å². The zero-order valence-electron chi connectivity index (χ0n) is 21.9. The second-order valence-electron chi connectivity index (χ2n) is 9.43. The highest BCUT2D eigenvalue weighted by Crippen LogP contribution is 2.25. The molecule has 1 fully saturated rings. The van der Waals surface area contributed by atoms with Crippen LogP contribution in [0.2, 0.25) is 0 Å². The van der Waals surface area contributed by atoms with Gasteiger partial charge in [0.05, 0.1) is 0 Å². The Morgan fingerprint density at radius 3 is 2.56 bits per heavy atom. The molecule has 1 aliphatic carbocycles. The van der Waals surface area contributed by atoms with Crippen LogP contribution in [0.1, 0.15) is 54.1 Å². The van der Waals surface area contributed by atoms with Gasteiger partial charge in [0.2, 0.25) is 11.9 Å². The number of aryl methyl sites for hydroxylation is 1. The van der Waals surface area contributed by atoms with Crippen molar-refractivity contribution < 1.29 is 19.1 Å². The molecular formula is C29H32N6O4. The Balaban J connectivity index is 1.46. The zero-order valence-corrected chi connectivity index (χ0v) is 21.9. The number of aromatic nitrogens is 2. The monoisotopic (exact) mass is 528 g/mol. The van der Waals surface area contributed by atoms with Crippen molar-refractivity contribution in [2.75, 3.05) is 10.6 Å². The van der Waals surface area contributed by atoms with Crippen LogP contribution in [-0.4, -0.2) is 39.8 Å². The second kappa shape index (κ2) is 12.7. The minimum Gasteiger partial charge on any atom is -0.426 e. The maximum atomic E-state index is 12.8. The average Bonchev–Trinajstić information content (AvgIpc) is 2.89. The van der Waals surface area contributed by atoms with E-state index in [0.29, 0.717) is 23.1 Å². The van der Waals surface area contributed by atoms with Crippen molar-refractivity contribution in [1.82, 2.24) is 15.3 Å². The number of rotatable bonds is 9. The second-order valence-corrected chi connectivity index (χ2v) is 9.43. The lowest BCUT2D eigenvalue weighted by Crippen LogP contribution is -2.48. The van der Waals surface area contributed by atoms with Crippen LogP contribution in [0.5, 0.6) is 5.75 Å². The molecule has 0 aliphatic heterocycles. The minimum absolute atomic E-state index is 0.115. The largest absolute Gasteiger partial charge is 0.426 e. The molecule has 1 saturated carbocycles. The number of nitrogens with two attached hydrogens (primary N) is 1. The third-order valence-corrected chi connectivity index (χ3v) is 6.33. The summed E-state index contributed by atoms with van der Waals surface area (Å²) >= 11 is 0. The van der Waals surface area contributed by atoms with E-state index < -0.39 is 11.9 Å². The van der Waals surface area contributed by atoms with Crippen LogP contribution < -0.4 is 26.4 Å². The number of hydrogen-bond donors (Lipinski definition) is 4. The smallest absolute Gasteiger partial charge is 0.308 e. The molecule has 4 rings (SSSR count). The van der Waals surface area contributed by atoms with E-state index in [1.54, 1.807) is 30.3 Å². The lowest BCUT2D eigenvalue weighted by atomic mass is 9.90. The molecule has 39 heavy (non-hydrogen) atoms. The molecule has 1 aromatic heterocycles. The summed E-state index contributed by atoms with van der Waals surface area (Å²) in [5, 5.41) is 9.56. The van der Waals surface area contributed by atoms with Crippen molar-refractivity contribution in [3.8, 4) is 5.75 Å². The van der Waals surface area contributed by atoms with E-state index in [1.807, 2.05) is 31.2 Å². The quantitative estimate of drug-likeness (QED) is 0.184. The number of benzene rings is 2. The van der Waals surface area contributed by atoms with E-state index >= 15 is 0 Å². The number of ether oxygens (including phenoxy) is 1. The molecule has 0 bridgehead atoms. The van der Waals surface area contributed by atoms with Gasteiger partial charge in [0, 0.05) is 42.5 Å². The SMILES string of the molecule is CC(=O)Oc1ccccc1C=CC(=O)NC1CCCCC1Nc1ncc(C(N)=O)c(Nc2cccc(C)c2)n1. The first kappa shape index (κ1) is 27.3. The number of nitrogens with one attached hydrogen (secondary N) is 3. The molecule has 202 valence electrons. The molecule has 10 heteroatoms. The highest BCUT2D eigenvalue weighted by Gasteiger charge is 2.27. The fraction of sp³-hybridized carbons (Fsp3) is 0.276. The van der Waals surface area contributed by atoms with Crippen molar-refractivity contribution in [3.05, 3.63) is 77.5 Å². The number of hydrogen-bond acceptors (Lipinski definition) is 8. The van der Waals surface area contributed by atoms with E-state index in [2.05, 4.69) is 25.9 Å². The van der Waals surface area contributed by atoms with Crippen molar-refractivity contribution in [2.45, 2.75) is 51.6 Å². The lowest BCUT2D eigenvalue weighted by Gasteiger charge is -2.32. The van der Waals surface area contributed by atoms with Gasteiger partial charge in [-0.3, -0.25) is 14.4 Å². The molecule has 10 nitrogen and oxygen atoms in total. The average molecular weight is 529 g/mol. The third kappa shape index (κ3) is 7.64.